The zero-order valence-electron chi connectivity index (χ0n) is 10.2. The van der Waals surface area contributed by atoms with Crippen LogP contribution in [-0.4, -0.2) is 24.5 Å². The second-order valence-corrected chi connectivity index (χ2v) is 4.42. The minimum Gasteiger partial charge on any atom is -0.323 e. The van der Waals surface area contributed by atoms with Crippen LogP contribution in [0.5, 0.6) is 0 Å². The number of carbonyl (C=O) groups excluding carboxylic acids is 1. The Labute approximate surface area is 96.7 Å². The van der Waals surface area contributed by atoms with Crippen molar-refractivity contribution in [1.29, 1.82) is 0 Å². The average Bonchev–Trinajstić information content (AvgIpc) is 2.26. The van der Waals surface area contributed by atoms with Crippen LogP contribution < -0.4 is 4.90 Å². The van der Waals surface area contributed by atoms with Gasteiger partial charge in [-0.1, -0.05) is 19.1 Å². The van der Waals surface area contributed by atoms with E-state index in [1.165, 1.54) is 11.1 Å². The summed E-state index contributed by atoms with van der Waals surface area (Å²) in [7, 11) is 1.85. The maximum absolute atomic E-state index is 12.0. The first-order chi connectivity index (χ1) is 7.63. The first kappa shape index (κ1) is 11.0. The zero-order valence-corrected chi connectivity index (χ0v) is 10.2. The molecule has 1 aliphatic heterocycles. The summed E-state index contributed by atoms with van der Waals surface area (Å²) < 4.78 is 0. The van der Waals surface area contributed by atoms with Crippen molar-refractivity contribution in [3.63, 3.8) is 0 Å². The molecule has 3 nitrogen and oxygen atoms in total. The summed E-state index contributed by atoms with van der Waals surface area (Å²) in [5.74, 6) is 0. The number of nitrogens with zero attached hydrogens (tertiary/aromatic N) is 2. The second-order valence-electron chi connectivity index (χ2n) is 4.42. The maximum Gasteiger partial charge on any atom is 0.324 e. The molecule has 0 bridgehead atoms. The molecule has 0 fully saturated rings. The van der Waals surface area contributed by atoms with Crippen LogP contribution >= 0.6 is 0 Å². The van der Waals surface area contributed by atoms with Gasteiger partial charge in [0.1, 0.15) is 0 Å². The highest BCUT2D eigenvalue weighted by Gasteiger charge is 2.26. The Balaban J connectivity index is 2.45. The molecule has 1 heterocycles. The lowest BCUT2D eigenvalue weighted by molar-refractivity contribution is 0.210. The van der Waals surface area contributed by atoms with Gasteiger partial charge < -0.3 is 4.90 Å². The number of amides is 2. The van der Waals surface area contributed by atoms with Gasteiger partial charge in [0.25, 0.3) is 0 Å². The Hall–Kier alpha value is -1.51. The number of carbonyl (C=O) groups is 1. The smallest absolute Gasteiger partial charge is 0.323 e. The molecule has 86 valence electrons. The van der Waals surface area contributed by atoms with Crippen molar-refractivity contribution in [2.24, 2.45) is 0 Å². The van der Waals surface area contributed by atoms with E-state index in [9.17, 15) is 4.79 Å². The molecule has 0 saturated heterocycles. The van der Waals surface area contributed by atoms with Gasteiger partial charge in [0.2, 0.25) is 0 Å². The molecule has 3 heteroatoms. The van der Waals surface area contributed by atoms with Crippen molar-refractivity contribution in [3.8, 4) is 0 Å². The zero-order chi connectivity index (χ0) is 11.7. The molecule has 16 heavy (non-hydrogen) atoms. The van der Waals surface area contributed by atoms with Crippen molar-refractivity contribution in [3.05, 3.63) is 29.3 Å². The van der Waals surface area contributed by atoms with E-state index in [0.717, 1.165) is 18.7 Å². The van der Waals surface area contributed by atoms with E-state index >= 15 is 0 Å². The third kappa shape index (κ3) is 1.77. The molecule has 0 atom stereocenters. The molecule has 0 spiro atoms. The highest BCUT2D eigenvalue weighted by atomic mass is 16.2. The molecule has 0 radical (unpaired) electrons. The van der Waals surface area contributed by atoms with Gasteiger partial charge in [-0.15, -0.1) is 0 Å². The quantitative estimate of drug-likeness (QED) is 0.748. The summed E-state index contributed by atoms with van der Waals surface area (Å²) in [6, 6.07) is 6.44. The average molecular weight is 218 g/mol. The number of benzene rings is 1. The van der Waals surface area contributed by atoms with E-state index < -0.39 is 0 Å². The van der Waals surface area contributed by atoms with Crippen LogP contribution in [-0.2, 0) is 6.54 Å². The van der Waals surface area contributed by atoms with Gasteiger partial charge in [-0.05, 0) is 30.5 Å². The van der Waals surface area contributed by atoms with Crippen molar-refractivity contribution >= 4 is 11.7 Å². The Morgan fingerprint density at radius 3 is 2.81 bits per heavy atom. The standard InChI is InChI=1S/C13H18N2O/c1-4-7-15-12-8-10(2)5-6-11(12)9-14(3)13(15)16/h5-6,8H,4,7,9H2,1-3H3. The normalized spacial score (nSPS) is 15.3. The lowest BCUT2D eigenvalue weighted by atomic mass is 10.1. The van der Waals surface area contributed by atoms with Gasteiger partial charge in [-0.25, -0.2) is 4.79 Å². The van der Waals surface area contributed by atoms with Crippen LogP contribution in [0.4, 0.5) is 10.5 Å². The molecule has 1 aromatic rings. The Kier molecular flexibility index (Phi) is 2.86. The molecular weight excluding hydrogens is 200 g/mol. The van der Waals surface area contributed by atoms with Gasteiger partial charge in [0, 0.05) is 20.1 Å². The van der Waals surface area contributed by atoms with Crippen LogP contribution in [0.25, 0.3) is 0 Å². The minimum atomic E-state index is 0.111. The number of hydrogen-bond acceptors (Lipinski definition) is 1. The summed E-state index contributed by atoms with van der Waals surface area (Å²) in [6.45, 7) is 5.67. The topological polar surface area (TPSA) is 23.6 Å². The summed E-state index contributed by atoms with van der Waals surface area (Å²) >= 11 is 0. The summed E-state index contributed by atoms with van der Waals surface area (Å²) in [5, 5.41) is 0. The molecule has 0 aliphatic carbocycles. The molecule has 2 rings (SSSR count). The first-order valence-electron chi connectivity index (χ1n) is 5.75. The first-order valence-corrected chi connectivity index (χ1v) is 5.75. The molecule has 1 aromatic carbocycles. The predicted octanol–water partition coefficient (Wildman–Crippen LogP) is 2.78. The molecule has 1 aliphatic rings. The highest BCUT2D eigenvalue weighted by Crippen LogP contribution is 2.28. The van der Waals surface area contributed by atoms with E-state index in [0.29, 0.717) is 6.54 Å². The number of fused-ring (bicyclic) bond motifs is 1. The van der Waals surface area contributed by atoms with Crippen LogP contribution in [0.3, 0.4) is 0 Å². The second kappa shape index (κ2) is 4.16. The number of rotatable bonds is 2. The van der Waals surface area contributed by atoms with Gasteiger partial charge in [-0.3, -0.25) is 4.90 Å². The molecule has 0 unspecified atom stereocenters. The Morgan fingerprint density at radius 1 is 1.38 bits per heavy atom. The number of hydrogen-bond donors (Lipinski definition) is 0. The lowest BCUT2D eigenvalue weighted by Gasteiger charge is -2.35. The highest BCUT2D eigenvalue weighted by molar-refractivity contribution is 5.94. The van der Waals surface area contributed by atoms with E-state index in [1.807, 2.05) is 11.9 Å². The fraction of sp³-hybridized carbons (Fsp3) is 0.462. The fourth-order valence-corrected chi connectivity index (χ4v) is 2.13. The van der Waals surface area contributed by atoms with E-state index in [1.54, 1.807) is 4.90 Å². The minimum absolute atomic E-state index is 0.111. The maximum atomic E-state index is 12.0. The molecule has 0 aromatic heterocycles. The summed E-state index contributed by atoms with van der Waals surface area (Å²) in [6.07, 6.45) is 0.979. The monoisotopic (exact) mass is 218 g/mol. The fourth-order valence-electron chi connectivity index (χ4n) is 2.13. The third-order valence-electron chi connectivity index (χ3n) is 2.94. The molecular formula is C13H18N2O. The van der Waals surface area contributed by atoms with Crippen molar-refractivity contribution in [2.75, 3.05) is 18.5 Å². The van der Waals surface area contributed by atoms with Crippen LogP contribution in [0.15, 0.2) is 18.2 Å². The van der Waals surface area contributed by atoms with Gasteiger partial charge in [0.15, 0.2) is 0 Å². The van der Waals surface area contributed by atoms with Crippen LogP contribution in [0.2, 0.25) is 0 Å². The van der Waals surface area contributed by atoms with Crippen molar-refractivity contribution < 1.29 is 4.79 Å². The number of urea groups is 1. The summed E-state index contributed by atoms with van der Waals surface area (Å²) in [5.41, 5.74) is 3.53. The molecule has 2 amide bonds. The van der Waals surface area contributed by atoms with E-state index in [2.05, 4.69) is 32.0 Å². The van der Waals surface area contributed by atoms with Crippen LogP contribution in [0.1, 0.15) is 24.5 Å². The largest absolute Gasteiger partial charge is 0.324 e. The Bertz CT molecular complexity index is 414. The lowest BCUT2D eigenvalue weighted by Crippen LogP contribution is -2.45. The molecule has 0 N–H and O–H groups in total. The van der Waals surface area contributed by atoms with Crippen molar-refractivity contribution in [1.82, 2.24) is 4.90 Å². The predicted molar refractivity (Wildman–Crippen MR) is 65.7 cm³/mol. The van der Waals surface area contributed by atoms with Crippen LogP contribution in [0, 0.1) is 6.92 Å². The van der Waals surface area contributed by atoms with E-state index in [-0.39, 0.29) is 6.03 Å². The van der Waals surface area contributed by atoms with Crippen molar-refractivity contribution in [2.45, 2.75) is 26.8 Å². The number of aryl methyl sites for hydroxylation is 1. The van der Waals surface area contributed by atoms with E-state index in [4.69, 9.17) is 0 Å². The summed E-state index contributed by atoms with van der Waals surface area (Å²) in [4.78, 5) is 15.7. The van der Waals surface area contributed by atoms with Gasteiger partial charge in [-0.2, -0.15) is 0 Å². The van der Waals surface area contributed by atoms with Gasteiger partial charge in [0.05, 0.1) is 5.69 Å². The van der Waals surface area contributed by atoms with Gasteiger partial charge >= 0.3 is 6.03 Å². The SMILES string of the molecule is CCCN1C(=O)N(C)Cc2ccc(C)cc21. The Morgan fingerprint density at radius 2 is 2.12 bits per heavy atom. The number of anilines is 1. The third-order valence-corrected chi connectivity index (χ3v) is 2.94. The molecule has 0 saturated carbocycles.